The first kappa shape index (κ1) is 20.2. The van der Waals surface area contributed by atoms with Gasteiger partial charge in [-0.3, -0.25) is 9.80 Å². The maximum atomic E-state index is 11.8. The van der Waals surface area contributed by atoms with Crippen LogP contribution < -0.4 is 9.64 Å². The molecule has 30 heavy (non-hydrogen) atoms. The van der Waals surface area contributed by atoms with E-state index in [0.717, 1.165) is 30.0 Å². The molecule has 0 amide bonds. The predicted octanol–water partition coefficient (Wildman–Crippen LogP) is 4.58. The van der Waals surface area contributed by atoms with Crippen molar-refractivity contribution in [1.29, 1.82) is 0 Å². The van der Waals surface area contributed by atoms with Crippen LogP contribution in [0.2, 0.25) is 0 Å². The van der Waals surface area contributed by atoms with Crippen molar-refractivity contribution in [3.8, 4) is 5.75 Å². The smallest absolute Gasteiger partial charge is 0.154 e. The Balaban J connectivity index is 1.78. The van der Waals surface area contributed by atoms with E-state index in [1.54, 1.807) is 20.1 Å². The standard InChI is InChI=1S/C25H29N3O2/c1-16(14-17(2)29)28-25(18-6-9-20(10-7-18)27(3)4)23-12-8-19-15-21(30-5)11-13-22(19)24(23)26-28/h6-7,9-11,13-15,23,25H,8,12H2,1-5H3/b16-14+/t23-,25+/m0/s1. The van der Waals surface area contributed by atoms with Crippen LogP contribution in [0.5, 0.6) is 5.75 Å². The fourth-order valence-corrected chi connectivity index (χ4v) is 4.59. The number of nitrogens with zero attached hydrogens (tertiary/aromatic N) is 3. The molecule has 5 nitrogen and oxygen atoms in total. The fourth-order valence-electron chi connectivity index (χ4n) is 4.59. The summed E-state index contributed by atoms with van der Waals surface area (Å²) in [6.45, 7) is 3.56. The number of carbonyl (C=O) groups excluding carboxylic acids is 1. The Kier molecular flexibility index (Phi) is 5.37. The van der Waals surface area contributed by atoms with Crippen LogP contribution >= 0.6 is 0 Å². The number of rotatable bonds is 5. The summed E-state index contributed by atoms with van der Waals surface area (Å²) in [7, 11) is 5.79. The second kappa shape index (κ2) is 7.98. The first-order chi connectivity index (χ1) is 14.4. The van der Waals surface area contributed by atoms with Crippen LogP contribution in [-0.4, -0.2) is 37.7 Å². The van der Waals surface area contributed by atoms with E-state index in [2.05, 4.69) is 41.3 Å². The number of hydrazone groups is 1. The molecule has 0 radical (unpaired) electrons. The van der Waals surface area contributed by atoms with Crippen molar-refractivity contribution in [3.05, 3.63) is 70.9 Å². The lowest BCUT2D eigenvalue weighted by molar-refractivity contribution is -0.112. The summed E-state index contributed by atoms with van der Waals surface area (Å²) in [4.78, 5) is 13.9. The van der Waals surface area contributed by atoms with Crippen molar-refractivity contribution in [2.24, 2.45) is 11.0 Å². The molecule has 0 saturated carbocycles. The molecular formula is C25H29N3O2. The Labute approximate surface area is 178 Å². The number of carbonyl (C=O) groups is 1. The Morgan fingerprint density at radius 2 is 1.90 bits per heavy atom. The van der Waals surface area contributed by atoms with Crippen molar-refractivity contribution in [2.75, 3.05) is 26.1 Å². The van der Waals surface area contributed by atoms with Crippen LogP contribution in [0.1, 0.15) is 43.0 Å². The quantitative estimate of drug-likeness (QED) is 0.686. The van der Waals surface area contributed by atoms with Gasteiger partial charge >= 0.3 is 0 Å². The minimum atomic E-state index is 0.0365. The zero-order valence-electron chi connectivity index (χ0n) is 18.3. The van der Waals surface area contributed by atoms with Gasteiger partial charge in [0, 0.05) is 43.0 Å². The van der Waals surface area contributed by atoms with Crippen LogP contribution in [0.4, 0.5) is 5.69 Å². The number of benzene rings is 2. The maximum absolute atomic E-state index is 11.8. The number of methoxy groups -OCH3 is 1. The third-order valence-corrected chi connectivity index (χ3v) is 6.05. The van der Waals surface area contributed by atoms with Gasteiger partial charge in [0.2, 0.25) is 0 Å². The molecule has 4 rings (SSSR count). The van der Waals surface area contributed by atoms with Gasteiger partial charge in [-0.15, -0.1) is 0 Å². The van der Waals surface area contributed by atoms with E-state index in [0.29, 0.717) is 0 Å². The molecule has 0 bridgehead atoms. The van der Waals surface area contributed by atoms with Gasteiger partial charge in [0.05, 0.1) is 18.9 Å². The van der Waals surface area contributed by atoms with Gasteiger partial charge < -0.3 is 9.64 Å². The highest BCUT2D eigenvalue weighted by Crippen LogP contribution is 2.45. The van der Waals surface area contributed by atoms with E-state index in [1.165, 1.54) is 22.4 Å². The lowest BCUT2D eigenvalue weighted by Crippen LogP contribution is -2.28. The zero-order valence-corrected chi connectivity index (χ0v) is 18.3. The summed E-state index contributed by atoms with van der Waals surface area (Å²) in [6.07, 6.45) is 3.69. The zero-order chi connectivity index (χ0) is 21.4. The summed E-state index contributed by atoms with van der Waals surface area (Å²) in [5.41, 5.74) is 6.85. The molecule has 2 atom stereocenters. The van der Waals surface area contributed by atoms with Crippen LogP contribution in [0.3, 0.4) is 0 Å². The van der Waals surface area contributed by atoms with E-state index >= 15 is 0 Å². The lowest BCUT2D eigenvalue weighted by atomic mass is 9.77. The van der Waals surface area contributed by atoms with Gasteiger partial charge in [0.1, 0.15) is 5.75 Å². The van der Waals surface area contributed by atoms with Crippen molar-refractivity contribution in [3.63, 3.8) is 0 Å². The molecule has 156 valence electrons. The third-order valence-electron chi connectivity index (χ3n) is 6.05. The van der Waals surface area contributed by atoms with Gasteiger partial charge in [-0.2, -0.15) is 5.10 Å². The molecule has 2 aromatic carbocycles. The van der Waals surface area contributed by atoms with Crippen LogP contribution in [0.25, 0.3) is 0 Å². The summed E-state index contributed by atoms with van der Waals surface area (Å²) in [5.74, 6) is 1.20. The maximum Gasteiger partial charge on any atom is 0.154 e. The number of aryl methyl sites for hydroxylation is 1. The molecule has 1 aliphatic heterocycles. The highest BCUT2D eigenvalue weighted by Gasteiger charge is 2.42. The molecule has 0 saturated heterocycles. The molecule has 0 aromatic heterocycles. The molecule has 0 N–H and O–H groups in total. The van der Waals surface area contributed by atoms with Gasteiger partial charge in [-0.05, 0) is 68.1 Å². The summed E-state index contributed by atoms with van der Waals surface area (Å²) in [5, 5.41) is 7.10. The fraction of sp³-hybridized carbons (Fsp3) is 0.360. The van der Waals surface area contributed by atoms with E-state index < -0.39 is 0 Å². The van der Waals surface area contributed by atoms with E-state index in [9.17, 15) is 4.79 Å². The molecule has 1 aliphatic carbocycles. The second-order valence-electron chi connectivity index (χ2n) is 8.33. The van der Waals surface area contributed by atoms with Gasteiger partial charge in [0.15, 0.2) is 5.78 Å². The first-order valence-corrected chi connectivity index (χ1v) is 10.4. The molecule has 0 fully saturated rings. The number of hydrogen-bond donors (Lipinski definition) is 0. The van der Waals surface area contributed by atoms with Gasteiger partial charge in [-0.25, -0.2) is 0 Å². The second-order valence-corrected chi connectivity index (χ2v) is 8.33. The molecule has 0 unspecified atom stereocenters. The first-order valence-electron chi connectivity index (χ1n) is 10.4. The number of ether oxygens (including phenoxy) is 1. The van der Waals surface area contributed by atoms with Gasteiger partial charge in [0.25, 0.3) is 0 Å². The van der Waals surface area contributed by atoms with Crippen molar-refractivity contribution < 1.29 is 9.53 Å². The van der Waals surface area contributed by atoms with Crippen molar-refractivity contribution in [2.45, 2.75) is 32.7 Å². The number of ketones is 1. The van der Waals surface area contributed by atoms with E-state index in [-0.39, 0.29) is 17.7 Å². The van der Waals surface area contributed by atoms with Crippen LogP contribution in [0, 0.1) is 5.92 Å². The van der Waals surface area contributed by atoms with Gasteiger partial charge in [-0.1, -0.05) is 12.1 Å². The molecule has 5 heteroatoms. The largest absolute Gasteiger partial charge is 0.497 e. The van der Waals surface area contributed by atoms with Crippen LogP contribution in [-0.2, 0) is 11.2 Å². The Bertz CT molecular complexity index is 1020. The SMILES string of the molecule is COc1ccc2c(c1)CC[C@H]1C2=NN(/C(C)=C/C(C)=O)[C@@H]1c1ccc(N(C)C)cc1. The molecule has 2 aromatic rings. The average molecular weight is 404 g/mol. The molecular weight excluding hydrogens is 374 g/mol. The number of allylic oxidation sites excluding steroid dienone is 2. The monoisotopic (exact) mass is 403 g/mol. The highest BCUT2D eigenvalue weighted by molar-refractivity contribution is 6.06. The van der Waals surface area contributed by atoms with Crippen molar-refractivity contribution in [1.82, 2.24) is 5.01 Å². The Morgan fingerprint density at radius 1 is 1.17 bits per heavy atom. The van der Waals surface area contributed by atoms with E-state index in [1.807, 2.05) is 32.1 Å². The minimum Gasteiger partial charge on any atom is -0.497 e. The van der Waals surface area contributed by atoms with Crippen LogP contribution in [0.15, 0.2) is 59.3 Å². The summed E-state index contributed by atoms with van der Waals surface area (Å²) >= 11 is 0. The summed E-state index contributed by atoms with van der Waals surface area (Å²) in [6, 6.07) is 15.0. The molecule has 2 aliphatic rings. The number of anilines is 1. The predicted molar refractivity (Wildman–Crippen MR) is 121 cm³/mol. The third kappa shape index (κ3) is 3.60. The average Bonchev–Trinajstić information content (AvgIpc) is 3.13. The number of hydrogen-bond acceptors (Lipinski definition) is 5. The topological polar surface area (TPSA) is 45.1 Å². The normalized spacial score (nSPS) is 20.4. The highest BCUT2D eigenvalue weighted by atomic mass is 16.5. The number of fused-ring (bicyclic) bond motifs is 3. The Morgan fingerprint density at radius 3 is 2.53 bits per heavy atom. The van der Waals surface area contributed by atoms with E-state index in [4.69, 9.17) is 9.84 Å². The Hall–Kier alpha value is -3.08. The minimum absolute atomic E-state index is 0.0365. The molecule has 0 spiro atoms. The summed E-state index contributed by atoms with van der Waals surface area (Å²) < 4.78 is 5.41. The van der Waals surface area contributed by atoms with Crippen molar-refractivity contribution >= 4 is 17.2 Å². The molecule has 1 heterocycles. The lowest BCUT2D eigenvalue weighted by Gasteiger charge is -2.31.